The lowest BCUT2D eigenvalue weighted by Gasteiger charge is -2.34. The number of hydrogen-bond acceptors (Lipinski definition) is 7. The number of imidazole rings is 1. The van der Waals surface area contributed by atoms with Crippen LogP contribution in [0.3, 0.4) is 0 Å². The first kappa shape index (κ1) is 22.2. The molecule has 0 atom stereocenters. The van der Waals surface area contributed by atoms with Crippen molar-refractivity contribution in [1.82, 2.24) is 24.4 Å². The monoisotopic (exact) mass is 446 g/mol. The van der Waals surface area contributed by atoms with Crippen LogP contribution >= 0.6 is 0 Å². The van der Waals surface area contributed by atoms with E-state index in [-0.39, 0.29) is 5.91 Å². The average Bonchev–Trinajstić information content (AvgIpc) is 3.26. The van der Waals surface area contributed by atoms with Gasteiger partial charge in [0.2, 0.25) is 17.8 Å². The Morgan fingerprint density at radius 3 is 2.48 bits per heavy atom. The summed E-state index contributed by atoms with van der Waals surface area (Å²) in [6.07, 6.45) is 8.02. The van der Waals surface area contributed by atoms with Crippen LogP contribution in [-0.2, 0) is 11.3 Å². The quantitative estimate of drug-likeness (QED) is 0.521. The molecule has 1 aliphatic heterocycles. The van der Waals surface area contributed by atoms with E-state index < -0.39 is 5.91 Å². The highest BCUT2D eigenvalue weighted by Gasteiger charge is 2.22. The molecule has 170 valence electrons. The number of rotatable bonds is 8. The van der Waals surface area contributed by atoms with Gasteiger partial charge in [-0.25, -0.2) is 15.0 Å². The van der Waals surface area contributed by atoms with Gasteiger partial charge in [-0.2, -0.15) is 5.26 Å². The minimum Gasteiger partial charge on any atom is -0.366 e. The summed E-state index contributed by atoms with van der Waals surface area (Å²) in [5.74, 6) is 0.319. The van der Waals surface area contributed by atoms with Gasteiger partial charge in [-0.15, -0.1) is 0 Å². The summed E-state index contributed by atoms with van der Waals surface area (Å²) in [6.45, 7) is 3.42. The molecule has 3 aromatic rings. The standard InChI is InChI=1S/C23H26N8O2/c24-13-17-14-26-23(27-15-17)30-10-8-29(9-11-30)21(32)4-2-1-3-7-31-16-28-19-6-5-18(22(25)33)12-20(19)31/h5-6,12,14-16H,1-4,7-11H2,(H2,25,33). The second kappa shape index (κ2) is 10.1. The molecule has 4 rings (SSSR count). The number of piperazine rings is 1. The van der Waals surface area contributed by atoms with Gasteiger partial charge >= 0.3 is 0 Å². The molecule has 2 N–H and O–H groups in total. The normalized spacial score (nSPS) is 13.8. The average molecular weight is 447 g/mol. The molecule has 0 spiro atoms. The van der Waals surface area contributed by atoms with E-state index in [0.29, 0.717) is 49.7 Å². The summed E-state index contributed by atoms with van der Waals surface area (Å²) in [6, 6.07) is 7.28. The molecule has 10 nitrogen and oxygen atoms in total. The Labute approximate surface area is 191 Å². The zero-order chi connectivity index (χ0) is 23.2. The molecule has 2 amide bonds. The number of nitrogens with two attached hydrogens (primary N) is 1. The third-order valence-electron chi connectivity index (χ3n) is 5.88. The summed E-state index contributed by atoms with van der Waals surface area (Å²) >= 11 is 0. The molecule has 1 aromatic carbocycles. The molecule has 0 aliphatic carbocycles. The van der Waals surface area contributed by atoms with Crippen LogP contribution in [-0.4, -0.2) is 62.4 Å². The van der Waals surface area contributed by atoms with E-state index in [4.69, 9.17) is 11.0 Å². The lowest BCUT2D eigenvalue weighted by molar-refractivity contribution is -0.131. The van der Waals surface area contributed by atoms with E-state index in [2.05, 4.69) is 15.0 Å². The first-order chi connectivity index (χ1) is 16.0. The van der Waals surface area contributed by atoms with Crippen molar-refractivity contribution in [2.24, 2.45) is 5.73 Å². The maximum atomic E-state index is 12.6. The summed E-state index contributed by atoms with van der Waals surface area (Å²) in [5, 5.41) is 8.85. The summed E-state index contributed by atoms with van der Waals surface area (Å²) < 4.78 is 2.02. The molecule has 0 radical (unpaired) electrons. The molecule has 1 fully saturated rings. The van der Waals surface area contributed by atoms with Gasteiger partial charge in [-0.05, 0) is 31.0 Å². The van der Waals surface area contributed by atoms with Gasteiger partial charge in [-0.1, -0.05) is 6.42 Å². The molecule has 0 saturated carbocycles. The van der Waals surface area contributed by atoms with Crippen molar-refractivity contribution in [1.29, 1.82) is 5.26 Å². The number of aryl methyl sites for hydroxylation is 1. The number of unbranched alkanes of at least 4 members (excludes halogenated alkanes) is 2. The van der Waals surface area contributed by atoms with Crippen molar-refractivity contribution in [2.75, 3.05) is 31.1 Å². The second-order valence-electron chi connectivity index (χ2n) is 8.07. The smallest absolute Gasteiger partial charge is 0.248 e. The summed E-state index contributed by atoms with van der Waals surface area (Å²) in [4.78, 5) is 40.7. The Bertz CT molecular complexity index is 1170. The van der Waals surface area contributed by atoms with E-state index in [1.54, 1.807) is 24.5 Å². The number of nitriles is 1. The summed E-state index contributed by atoms with van der Waals surface area (Å²) in [5.41, 5.74) is 8.01. The maximum absolute atomic E-state index is 12.6. The van der Waals surface area contributed by atoms with Gasteiger partial charge in [0.05, 0.1) is 35.3 Å². The van der Waals surface area contributed by atoms with Crippen LogP contribution in [0.1, 0.15) is 41.6 Å². The number of benzene rings is 1. The van der Waals surface area contributed by atoms with Gasteiger partial charge in [0, 0.05) is 44.7 Å². The van der Waals surface area contributed by atoms with Crippen LogP contribution in [0.5, 0.6) is 0 Å². The molecular weight excluding hydrogens is 420 g/mol. The van der Waals surface area contributed by atoms with Gasteiger partial charge in [0.15, 0.2) is 0 Å². The van der Waals surface area contributed by atoms with Crippen LogP contribution in [0.4, 0.5) is 5.95 Å². The number of carbonyl (C=O) groups excluding carboxylic acids is 2. The van der Waals surface area contributed by atoms with Crippen molar-refractivity contribution >= 4 is 28.8 Å². The Morgan fingerprint density at radius 1 is 1.03 bits per heavy atom. The number of amides is 2. The van der Waals surface area contributed by atoms with Crippen molar-refractivity contribution in [3.05, 3.63) is 48.0 Å². The fraction of sp³-hybridized carbons (Fsp3) is 0.391. The molecule has 0 bridgehead atoms. The van der Waals surface area contributed by atoms with Crippen molar-refractivity contribution in [3.63, 3.8) is 0 Å². The van der Waals surface area contributed by atoms with Crippen LogP contribution < -0.4 is 10.6 Å². The maximum Gasteiger partial charge on any atom is 0.248 e. The Morgan fingerprint density at radius 2 is 1.79 bits per heavy atom. The topological polar surface area (TPSA) is 134 Å². The molecule has 1 saturated heterocycles. The van der Waals surface area contributed by atoms with Gasteiger partial charge < -0.3 is 20.1 Å². The van der Waals surface area contributed by atoms with Crippen LogP contribution in [0.15, 0.2) is 36.9 Å². The van der Waals surface area contributed by atoms with Crippen molar-refractivity contribution < 1.29 is 9.59 Å². The third-order valence-corrected chi connectivity index (χ3v) is 5.88. The van der Waals surface area contributed by atoms with Crippen molar-refractivity contribution in [3.8, 4) is 6.07 Å². The molecule has 0 unspecified atom stereocenters. The van der Waals surface area contributed by atoms with Crippen LogP contribution in [0.25, 0.3) is 11.0 Å². The number of hydrogen-bond donors (Lipinski definition) is 1. The number of aromatic nitrogens is 4. The fourth-order valence-electron chi connectivity index (χ4n) is 3.98. The minimum absolute atomic E-state index is 0.176. The molecule has 2 aromatic heterocycles. The van der Waals surface area contributed by atoms with Gasteiger partial charge in [0.25, 0.3) is 0 Å². The zero-order valence-electron chi connectivity index (χ0n) is 18.4. The van der Waals surface area contributed by atoms with E-state index in [1.165, 1.54) is 12.4 Å². The van der Waals surface area contributed by atoms with E-state index in [9.17, 15) is 9.59 Å². The van der Waals surface area contributed by atoms with Gasteiger partial charge in [0.1, 0.15) is 6.07 Å². The largest absolute Gasteiger partial charge is 0.366 e. The highest BCUT2D eigenvalue weighted by atomic mass is 16.2. The third kappa shape index (κ3) is 5.26. The summed E-state index contributed by atoms with van der Waals surface area (Å²) in [7, 11) is 0. The SMILES string of the molecule is N#Cc1cnc(N2CCN(C(=O)CCCCCn3cnc4ccc(C(N)=O)cc43)CC2)nc1. The second-order valence-corrected chi connectivity index (χ2v) is 8.07. The number of carbonyl (C=O) groups is 2. The lowest BCUT2D eigenvalue weighted by atomic mass is 10.1. The highest BCUT2D eigenvalue weighted by molar-refractivity contribution is 5.96. The first-order valence-electron chi connectivity index (χ1n) is 11.0. The number of nitrogens with zero attached hydrogens (tertiary/aromatic N) is 7. The van der Waals surface area contributed by atoms with Gasteiger partial charge in [-0.3, -0.25) is 9.59 Å². The van der Waals surface area contributed by atoms with Crippen LogP contribution in [0.2, 0.25) is 0 Å². The number of fused-ring (bicyclic) bond motifs is 1. The van der Waals surface area contributed by atoms with E-state index in [0.717, 1.165) is 36.8 Å². The Kier molecular flexibility index (Phi) is 6.78. The lowest BCUT2D eigenvalue weighted by Crippen LogP contribution is -2.49. The molecule has 3 heterocycles. The molecule has 33 heavy (non-hydrogen) atoms. The number of primary amides is 1. The predicted molar refractivity (Wildman–Crippen MR) is 122 cm³/mol. The van der Waals surface area contributed by atoms with Crippen LogP contribution in [0, 0.1) is 11.3 Å². The molecule has 10 heteroatoms. The number of anilines is 1. The van der Waals surface area contributed by atoms with E-state index in [1.807, 2.05) is 20.4 Å². The minimum atomic E-state index is -0.451. The molecular formula is C23H26N8O2. The Hall–Kier alpha value is -4.00. The highest BCUT2D eigenvalue weighted by Crippen LogP contribution is 2.17. The van der Waals surface area contributed by atoms with Crippen molar-refractivity contribution in [2.45, 2.75) is 32.2 Å². The predicted octanol–water partition coefficient (Wildman–Crippen LogP) is 1.71. The molecule has 1 aliphatic rings. The first-order valence-corrected chi connectivity index (χ1v) is 11.0. The fourth-order valence-corrected chi connectivity index (χ4v) is 3.98. The Balaban J connectivity index is 1.18. The zero-order valence-corrected chi connectivity index (χ0v) is 18.4. The van der Waals surface area contributed by atoms with E-state index >= 15 is 0 Å².